The number of hydrogen-bond donors (Lipinski definition) is 3. The minimum Gasteiger partial charge on any atom is -0.363 e. The summed E-state index contributed by atoms with van der Waals surface area (Å²) < 4.78 is 1.11. The van der Waals surface area contributed by atoms with E-state index in [0.29, 0.717) is 6.04 Å². The summed E-state index contributed by atoms with van der Waals surface area (Å²) in [5.41, 5.74) is 1.22. The first-order chi connectivity index (χ1) is 7.18. The van der Waals surface area contributed by atoms with E-state index in [1.54, 1.807) is 0 Å². The van der Waals surface area contributed by atoms with Crippen LogP contribution in [-0.4, -0.2) is 24.1 Å². The third-order valence-corrected chi connectivity index (χ3v) is 2.56. The molecule has 1 heterocycles. The lowest BCUT2D eigenvalue weighted by Gasteiger charge is -2.07. The van der Waals surface area contributed by atoms with Crippen molar-refractivity contribution in [2.24, 2.45) is 0 Å². The Hall–Kier alpha value is -0.320. The van der Waals surface area contributed by atoms with Crippen LogP contribution in [0.4, 0.5) is 0 Å². The fourth-order valence-corrected chi connectivity index (χ4v) is 1.73. The van der Waals surface area contributed by atoms with E-state index in [4.69, 9.17) is 0 Å². The Balaban J connectivity index is 1.98. The van der Waals surface area contributed by atoms with Crippen molar-refractivity contribution in [1.29, 1.82) is 0 Å². The number of hydrogen-bond acceptors (Lipinski definition) is 2. The van der Waals surface area contributed by atoms with Gasteiger partial charge in [0.1, 0.15) is 0 Å². The second-order valence-electron chi connectivity index (χ2n) is 3.98. The van der Waals surface area contributed by atoms with Gasteiger partial charge in [0.15, 0.2) is 0 Å². The van der Waals surface area contributed by atoms with Gasteiger partial charge in [-0.25, -0.2) is 0 Å². The second-order valence-corrected chi connectivity index (χ2v) is 4.90. The maximum absolute atomic E-state index is 3.41. The zero-order valence-electron chi connectivity index (χ0n) is 9.44. The lowest BCUT2D eigenvalue weighted by atomic mass is 10.3. The van der Waals surface area contributed by atoms with Gasteiger partial charge in [0, 0.05) is 29.0 Å². The van der Waals surface area contributed by atoms with Crippen LogP contribution in [0.3, 0.4) is 0 Å². The highest BCUT2D eigenvalue weighted by atomic mass is 79.9. The van der Waals surface area contributed by atoms with Gasteiger partial charge < -0.3 is 15.6 Å². The molecule has 0 unspecified atom stereocenters. The molecule has 1 aromatic heterocycles. The molecule has 4 heteroatoms. The summed E-state index contributed by atoms with van der Waals surface area (Å²) in [5, 5.41) is 6.79. The Labute approximate surface area is 100 Å². The molecule has 1 rings (SSSR count). The SMILES string of the molecule is CC(C)NCCCNCc1cc(Br)c[nH]1. The summed E-state index contributed by atoms with van der Waals surface area (Å²) in [6.07, 6.45) is 3.12. The van der Waals surface area contributed by atoms with Crippen LogP contribution in [-0.2, 0) is 6.54 Å². The maximum Gasteiger partial charge on any atom is 0.0357 e. The van der Waals surface area contributed by atoms with E-state index in [1.165, 1.54) is 12.1 Å². The molecule has 1 aromatic rings. The zero-order chi connectivity index (χ0) is 11.1. The number of nitrogens with one attached hydrogen (secondary N) is 3. The van der Waals surface area contributed by atoms with Gasteiger partial charge in [-0.3, -0.25) is 0 Å². The number of rotatable bonds is 7. The predicted molar refractivity (Wildman–Crippen MR) is 68.0 cm³/mol. The van der Waals surface area contributed by atoms with E-state index < -0.39 is 0 Å². The second kappa shape index (κ2) is 7.04. The van der Waals surface area contributed by atoms with Gasteiger partial charge in [-0.15, -0.1) is 0 Å². The quantitative estimate of drug-likeness (QED) is 0.667. The molecule has 0 aliphatic rings. The molecule has 0 saturated heterocycles. The van der Waals surface area contributed by atoms with Gasteiger partial charge in [0.2, 0.25) is 0 Å². The zero-order valence-corrected chi connectivity index (χ0v) is 11.0. The molecule has 3 N–H and O–H groups in total. The number of aromatic amines is 1. The van der Waals surface area contributed by atoms with E-state index in [2.05, 4.69) is 51.5 Å². The van der Waals surface area contributed by atoms with Gasteiger partial charge in [-0.1, -0.05) is 13.8 Å². The molecule has 0 aromatic carbocycles. The van der Waals surface area contributed by atoms with Gasteiger partial charge in [-0.2, -0.15) is 0 Å². The Kier molecular flexibility index (Phi) is 5.98. The normalized spacial score (nSPS) is 11.2. The first kappa shape index (κ1) is 12.7. The van der Waals surface area contributed by atoms with E-state index in [-0.39, 0.29) is 0 Å². The average molecular weight is 274 g/mol. The summed E-state index contributed by atoms with van der Waals surface area (Å²) >= 11 is 3.41. The van der Waals surface area contributed by atoms with Crippen LogP contribution in [0.25, 0.3) is 0 Å². The third-order valence-electron chi connectivity index (χ3n) is 2.11. The van der Waals surface area contributed by atoms with Gasteiger partial charge in [0.25, 0.3) is 0 Å². The summed E-state index contributed by atoms with van der Waals surface area (Å²) in [4.78, 5) is 3.19. The first-order valence-electron chi connectivity index (χ1n) is 5.45. The molecule has 0 fully saturated rings. The largest absolute Gasteiger partial charge is 0.363 e. The average Bonchev–Trinajstić information content (AvgIpc) is 2.57. The van der Waals surface area contributed by atoms with Crippen molar-refractivity contribution < 1.29 is 0 Å². The smallest absolute Gasteiger partial charge is 0.0357 e. The summed E-state index contributed by atoms with van der Waals surface area (Å²) in [6, 6.07) is 2.68. The van der Waals surface area contributed by atoms with E-state index in [9.17, 15) is 0 Å². The van der Waals surface area contributed by atoms with Crippen molar-refractivity contribution in [3.63, 3.8) is 0 Å². The van der Waals surface area contributed by atoms with E-state index in [0.717, 1.165) is 24.1 Å². The van der Waals surface area contributed by atoms with Crippen LogP contribution in [0.15, 0.2) is 16.7 Å². The topological polar surface area (TPSA) is 39.8 Å². The molecule has 3 nitrogen and oxygen atoms in total. The molecule has 0 amide bonds. The molecular formula is C11H20BrN3. The first-order valence-corrected chi connectivity index (χ1v) is 6.24. The van der Waals surface area contributed by atoms with Crippen molar-refractivity contribution in [1.82, 2.24) is 15.6 Å². The number of H-pyrrole nitrogens is 1. The van der Waals surface area contributed by atoms with Crippen molar-refractivity contribution in [3.05, 3.63) is 22.4 Å². The van der Waals surface area contributed by atoms with Gasteiger partial charge in [-0.05, 0) is 41.5 Å². The van der Waals surface area contributed by atoms with Crippen molar-refractivity contribution >= 4 is 15.9 Å². The fourth-order valence-electron chi connectivity index (χ4n) is 1.34. The number of aromatic nitrogens is 1. The van der Waals surface area contributed by atoms with Gasteiger partial charge >= 0.3 is 0 Å². The van der Waals surface area contributed by atoms with Crippen LogP contribution in [0.2, 0.25) is 0 Å². The molecule has 86 valence electrons. The fraction of sp³-hybridized carbons (Fsp3) is 0.636. The minimum atomic E-state index is 0.587. The van der Waals surface area contributed by atoms with Crippen LogP contribution < -0.4 is 10.6 Å². The van der Waals surface area contributed by atoms with Crippen LogP contribution in [0, 0.1) is 0 Å². The van der Waals surface area contributed by atoms with E-state index in [1.807, 2.05) is 6.20 Å². The standard InChI is InChI=1S/C11H20BrN3/c1-9(2)14-5-3-4-13-8-11-6-10(12)7-15-11/h6-7,9,13-15H,3-5,8H2,1-2H3. The molecule has 0 bridgehead atoms. The molecule has 0 aliphatic heterocycles. The summed E-state index contributed by atoms with van der Waals surface area (Å²) in [6.45, 7) is 7.39. The molecule has 0 atom stereocenters. The van der Waals surface area contributed by atoms with Crippen molar-refractivity contribution in [2.75, 3.05) is 13.1 Å². The molecule has 0 saturated carbocycles. The lowest BCUT2D eigenvalue weighted by Crippen LogP contribution is -2.26. The molecule has 0 aliphatic carbocycles. The highest BCUT2D eigenvalue weighted by Gasteiger charge is 1.96. The van der Waals surface area contributed by atoms with Crippen LogP contribution in [0.1, 0.15) is 26.0 Å². The lowest BCUT2D eigenvalue weighted by molar-refractivity contribution is 0.546. The van der Waals surface area contributed by atoms with Crippen molar-refractivity contribution in [2.45, 2.75) is 32.9 Å². The monoisotopic (exact) mass is 273 g/mol. The Morgan fingerprint density at radius 1 is 1.40 bits per heavy atom. The van der Waals surface area contributed by atoms with Crippen LogP contribution >= 0.6 is 15.9 Å². The van der Waals surface area contributed by atoms with Crippen LogP contribution in [0.5, 0.6) is 0 Å². The third kappa shape index (κ3) is 5.97. The molecule has 15 heavy (non-hydrogen) atoms. The van der Waals surface area contributed by atoms with Gasteiger partial charge in [0.05, 0.1) is 0 Å². The Morgan fingerprint density at radius 2 is 2.20 bits per heavy atom. The summed E-state index contributed by atoms with van der Waals surface area (Å²) in [7, 11) is 0. The minimum absolute atomic E-state index is 0.587. The highest BCUT2D eigenvalue weighted by Crippen LogP contribution is 2.09. The number of halogens is 1. The highest BCUT2D eigenvalue weighted by molar-refractivity contribution is 9.10. The maximum atomic E-state index is 3.41. The summed E-state index contributed by atoms with van der Waals surface area (Å²) in [5.74, 6) is 0. The van der Waals surface area contributed by atoms with Crippen molar-refractivity contribution in [3.8, 4) is 0 Å². The molecular weight excluding hydrogens is 254 g/mol. The van der Waals surface area contributed by atoms with E-state index >= 15 is 0 Å². The molecule has 0 spiro atoms. The Bertz CT molecular complexity index is 271. The molecule has 0 radical (unpaired) electrons. The predicted octanol–water partition coefficient (Wildman–Crippen LogP) is 2.25. The Morgan fingerprint density at radius 3 is 2.80 bits per heavy atom.